The minimum atomic E-state index is -0.271. The monoisotopic (exact) mass is 427 g/mol. The molecule has 1 fully saturated rings. The molecule has 1 N–H and O–H groups in total. The van der Waals surface area contributed by atoms with Gasteiger partial charge in [-0.2, -0.15) is 0 Å². The average Bonchev–Trinajstić information content (AvgIpc) is 2.77. The van der Waals surface area contributed by atoms with Crippen molar-refractivity contribution in [1.82, 2.24) is 15.1 Å². The van der Waals surface area contributed by atoms with E-state index in [1.54, 1.807) is 12.1 Å². The summed E-state index contributed by atoms with van der Waals surface area (Å²) in [6.07, 6.45) is 0.567. The number of ether oxygens (including phenoxy) is 1. The second-order valence-electron chi connectivity index (χ2n) is 8.75. The van der Waals surface area contributed by atoms with Gasteiger partial charge in [-0.1, -0.05) is 38.1 Å². The number of carbonyl (C=O) groups is 1. The van der Waals surface area contributed by atoms with E-state index in [0.717, 1.165) is 43.1 Å². The molecule has 2 aromatic carbocycles. The van der Waals surface area contributed by atoms with E-state index in [0.29, 0.717) is 25.5 Å². The fraction of sp³-hybridized carbons (Fsp3) is 0.480. The third-order valence-corrected chi connectivity index (χ3v) is 5.60. The fourth-order valence-corrected chi connectivity index (χ4v) is 3.64. The molecule has 2 aromatic rings. The van der Waals surface area contributed by atoms with Gasteiger partial charge in [0.15, 0.2) is 0 Å². The predicted octanol–water partition coefficient (Wildman–Crippen LogP) is 3.34. The Morgan fingerprint density at radius 3 is 2.23 bits per heavy atom. The van der Waals surface area contributed by atoms with Crippen LogP contribution in [0.1, 0.15) is 25.0 Å². The second kappa shape index (κ2) is 11.3. The van der Waals surface area contributed by atoms with Gasteiger partial charge in [-0.15, -0.1) is 0 Å². The Labute approximate surface area is 185 Å². The van der Waals surface area contributed by atoms with Gasteiger partial charge >= 0.3 is 0 Å². The molecule has 3 rings (SSSR count). The lowest BCUT2D eigenvalue weighted by atomic mass is 10.0. The minimum absolute atomic E-state index is 0.00834. The first-order chi connectivity index (χ1) is 14.9. The number of amides is 1. The largest absolute Gasteiger partial charge is 0.493 e. The average molecular weight is 428 g/mol. The molecule has 0 aliphatic carbocycles. The molecule has 1 unspecified atom stereocenters. The Balaban J connectivity index is 1.61. The Kier molecular flexibility index (Phi) is 8.43. The molecule has 0 saturated carbocycles. The number of halogens is 1. The normalized spacial score (nSPS) is 16.3. The molecular formula is C25H34FN3O2. The number of piperazine rings is 1. The van der Waals surface area contributed by atoms with Crippen molar-refractivity contribution in [1.29, 1.82) is 0 Å². The number of likely N-dealkylation sites (N-methyl/N-ethyl adjacent to an activating group) is 1. The molecule has 0 radical (unpaired) electrons. The first-order valence-corrected chi connectivity index (χ1v) is 11.1. The number of nitrogens with zero attached hydrogens (tertiary/aromatic N) is 2. The summed E-state index contributed by atoms with van der Waals surface area (Å²) in [5.41, 5.74) is 2.00. The van der Waals surface area contributed by atoms with Crippen LogP contribution in [0.3, 0.4) is 0 Å². The molecule has 0 spiro atoms. The third kappa shape index (κ3) is 7.33. The Hall–Kier alpha value is -2.44. The van der Waals surface area contributed by atoms with E-state index in [1.165, 1.54) is 12.1 Å². The molecule has 1 aliphatic heterocycles. The molecule has 6 heteroatoms. The summed E-state index contributed by atoms with van der Waals surface area (Å²) < 4.78 is 19.0. The van der Waals surface area contributed by atoms with Crippen molar-refractivity contribution in [3.63, 3.8) is 0 Å². The van der Waals surface area contributed by atoms with Crippen LogP contribution in [0.2, 0.25) is 0 Å². The lowest BCUT2D eigenvalue weighted by Gasteiger charge is -2.37. The summed E-state index contributed by atoms with van der Waals surface area (Å²) in [5.74, 6) is 1.07. The molecular weight excluding hydrogens is 393 g/mol. The molecule has 1 aliphatic rings. The topological polar surface area (TPSA) is 44.8 Å². The van der Waals surface area contributed by atoms with Crippen molar-refractivity contribution < 1.29 is 13.9 Å². The molecule has 0 aromatic heterocycles. The standard InChI is InChI=1S/C25H34FN3O2/c1-19(2)18-31-23-10-6-21(7-11-23)17-27-25(30)24(29-14-12-28(3)13-15-29)16-20-4-8-22(26)9-5-20/h4-11,19,24H,12-18H2,1-3H3,(H,27,30). The van der Waals surface area contributed by atoms with Crippen LogP contribution in [0.5, 0.6) is 5.75 Å². The van der Waals surface area contributed by atoms with Gasteiger partial charge in [0, 0.05) is 32.7 Å². The van der Waals surface area contributed by atoms with E-state index in [-0.39, 0.29) is 17.8 Å². The molecule has 31 heavy (non-hydrogen) atoms. The Bertz CT molecular complexity index is 816. The van der Waals surface area contributed by atoms with E-state index in [4.69, 9.17) is 4.74 Å². The highest BCUT2D eigenvalue weighted by atomic mass is 19.1. The summed E-state index contributed by atoms with van der Waals surface area (Å²) >= 11 is 0. The SMILES string of the molecule is CC(C)COc1ccc(CNC(=O)C(Cc2ccc(F)cc2)N2CCN(C)CC2)cc1. The van der Waals surface area contributed by atoms with E-state index >= 15 is 0 Å². The second-order valence-corrected chi connectivity index (χ2v) is 8.75. The van der Waals surface area contributed by atoms with Crippen LogP contribution in [0.15, 0.2) is 48.5 Å². The summed E-state index contributed by atoms with van der Waals surface area (Å²) in [4.78, 5) is 17.7. The predicted molar refractivity (Wildman–Crippen MR) is 122 cm³/mol. The van der Waals surface area contributed by atoms with Crippen molar-refractivity contribution in [2.24, 2.45) is 5.92 Å². The molecule has 5 nitrogen and oxygen atoms in total. The van der Waals surface area contributed by atoms with Crippen molar-refractivity contribution in [3.05, 3.63) is 65.5 Å². The van der Waals surface area contributed by atoms with Gasteiger partial charge < -0.3 is 15.0 Å². The highest BCUT2D eigenvalue weighted by molar-refractivity contribution is 5.82. The third-order valence-electron chi connectivity index (χ3n) is 5.60. The van der Waals surface area contributed by atoms with Crippen molar-refractivity contribution >= 4 is 5.91 Å². The van der Waals surface area contributed by atoms with E-state index in [9.17, 15) is 9.18 Å². The lowest BCUT2D eigenvalue weighted by molar-refractivity contribution is -0.127. The number of benzene rings is 2. The molecule has 1 atom stereocenters. The summed E-state index contributed by atoms with van der Waals surface area (Å²) in [6, 6.07) is 14.0. The van der Waals surface area contributed by atoms with Gasteiger partial charge in [0.25, 0.3) is 0 Å². The van der Waals surface area contributed by atoms with E-state index in [2.05, 4.69) is 36.0 Å². The maximum atomic E-state index is 13.3. The molecule has 1 amide bonds. The van der Waals surface area contributed by atoms with Crippen LogP contribution in [-0.2, 0) is 17.8 Å². The number of carbonyl (C=O) groups excluding carboxylic acids is 1. The summed E-state index contributed by atoms with van der Waals surface area (Å²) in [5, 5.41) is 3.10. The smallest absolute Gasteiger partial charge is 0.237 e. The van der Waals surface area contributed by atoms with Crippen molar-refractivity contribution in [2.75, 3.05) is 39.8 Å². The van der Waals surface area contributed by atoms with Gasteiger partial charge in [0.05, 0.1) is 12.6 Å². The highest BCUT2D eigenvalue weighted by Gasteiger charge is 2.28. The molecule has 1 heterocycles. The van der Waals surface area contributed by atoms with Gasteiger partial charge in [0.2, 0.25) is 5.91 Å². The van der Waals surface area contributed by atoms with Gasteiger partial charge in [-0.3, -0.25) is 9.69 Å². The maximum Gasteiger partial charge on any atom is 0.237 e. The minimum Gasteiger partial charge on any atom is -0.493 e. The highest BCUT2D eigenvalue weighted by Crippen LogP contribution is 2.15. The molecule has 168 valence electrons. The fourth-order valence-electron chi connectivity index (χ4n) is 3.64. The van der Waals surface area contributed by atoms with Crippen LogP contribution >= 0.6 is 0 Å². The van der Waals surface area contributed by atoms with Crippen molar-refractivity contribution in [3.8, 4) is 5.75 Å². The van der Waals surface area contributed by atoms with Crippen LogP contribution < -0.4 is 10.1 Å². The Morgan fingerprint density at radius 2 is 1.61 bits per heavy atom. The molecule has 1 saturated heterocycles. The summed E-state index contributed by atoms with van der Waals surface area (Å²) in [7, 11) is 2.10. The van der Waals surface area contributed by atoms with Crippen LogP contribution in [0, 0.1) is 11.7 Å². The van der Waals surface area contributed by atoms with Gasteiger partial charge in [0.1, 0.15) is 11.6 Å². The van der Waals surface area contributed by atoms with Crippen molar-refractivity contribution in [2.45, 2.75) is 32.9 Å². The number of nitrogens with one attached hydrogen (secondary N) is 1. The Morgan fingerprint density at radius 1 is 1.00 bits per heavy atom. The zero-order valence-corrected chi connectivity index (χ0v) is 18.8. The molecule has 0 bridgehead atoms. The number of rotatable bonds is 9. The van der Waals surface area contributed by atoms with E-state index in [1.807, 2.05) is 24.3 Å². The zero-order valence-electron chi connectivity index (χ0n) is 18.8. The lowest BCUT2D eigenvalue weighted by Crippen LogP contribution is -2.54. The summed E-state index contributed by atoms with van der Waals surface area (Å²) in [6.45, 7) is 8.95. The number of hydrogen-bond acceptors (Lipinski definition) is 4. The van der Waals surface area contributed by atoms with E-state index < -0.39 is 0 Å². The zero-order chi connectivity index (χ0) is 22.2. The van der Waals surface area contributed by atoms with Crippen LogP contribution in [0.25, 0.3) is 0 Å². The quantitative estimate of drug-likeness (QED) is 0.667. The van der Waals surface area contributed by atoms with Crippen LogP contribution in [0.4, 0.5) is 4.39 Å². The van der Waals surface area contributed by atoms with Crippen LogP contribution in [-0.4, -0.2) is 61.6 Å². The first kappa shape index (κ1) is 23.2. The van der Waals surface area contributed by atoms with Gasteiger partial charge in [-0.05, 0) is 54.8 Å². The maximum absolute atomic E-state index is 13.3. The van der Waals surface area contributed by atoms with Gasteiger partial charge in [-0.25, -0.2) is 4.39 Å². The first-order valence-electron chi connectivity index (χ1n) is 11.1. The number of hydrogen-bond donors (Lipinski definition) is 1.